The summed E-state index contributed by atoms with van der Waals surface area (Å²) in [6.45, 7) is 8.49. The standard InChI is InChI=1S/C27H34N4O4/c1-5-34-26(32)16-29-27(33)35-18-31(4)13-11-25-23(17-31)22-14-19(2)6-9-24(22)30(25)12-10-21-8-7-20(3)28-15-21/h6-9,14-15H,5,10-13,16-18H2,1-4H3. The van der Waals surface area contributed by atoms with E-state index in [0.717, 1.165) is 38.2 Å². The number of ether oxygens (including phenoxy) is 2. The summed E-state index contributed by atoms with van der Waals surface area (Å²) in [5.74, 6) is -0.531. The molecule has 1 aliphatic rings. The lowest BCUT2D eigenvalue weighted by molar-refractivity contribution is -0.940. The monoisotopic (exact) mass is 478 g/mol. The predicted molar refractivity (Wildman–Crippen MR) is 133 cm³/mol. The van der Waals surface area contributed by atoms with E-state index in [1.54, 1.807) is 6.92 Å². The fraction of sp³-hybridized carbons (Fsp3) is 0.444. The summed E-state index contributed by atoms with van der Waals surface area (Å²) in [7, 11) is 2.10. The first-order chi connectivity index (χ1) is 16.8. The highest BCUT2D eigenvalue weighted by molar-refractivity contribution is 5.86. The number of aromatic nitrogens is 2. The zero-order valence-corrected chi connectivity index (χ0v) is 21.0. The van der Waals surface area contributed by atoms with Gasteiger partial charge in [-0.15, -0.1) is 0 Å². The van der Waals surface area contributed by atoms with Crippen LogP contribution in [0.5, 0.6) is 0 Å². The van der Waals surface area contributed by atoms with Crippen LogP contribution in [0.15, 0.2) is 41.5 Å². The number of quaternary nitrogens is 1. The molecule has 4 rings (SSSR count). The van der Waals surface area contributed by atoms with E-state index < -0.39 is 12.1 Å². The Morgan fingerprint density at radius 3 is 2.80 bits per heavy atom. The highest BCUT2D eigenvalue weighted by Crippen LogP contribution is 2.34. The summed E-state index contributed by atoms with van der Waals surface area (Å²) in [6.07, 6.45) is 3.05. The molecule has 3 heterocycles. The van der Waals surface area contributed by atoms with Gasteiger partial charge in [0.2, 0.25) is 0 Å². The average Bonchev–Trinajstić information content (AvgIpc) is 3.13. The first-order valence-corrected chi connectivity index (χ1v) is 12.1. The molecule has 0 aliphatic carbocycles. The molecule has 8 nitrogen and oxygen atoms in total. The molecule has 35 heavy (non-hydrogen) atoms. The molecule has 0 bridgehead atoms. The van der Waals surface area contributed by atoms with Gasteiger partial charge in [-0.05, 0) is 51.0 Å². The van der Waals surface area contributed by atoms with E-state index in [1.807, 2.05) is 13.1 Å². The quantitative estimate of drug-likeness (QED) is 0.215. The first-order valence-electron chi connectivity index (χ1n) is 12.1. The number of esters is 1. The zero-order valence-electron chi connectivity index (χ0n) is 21.0. The van der Waals surface area contributed by atoms with E-state index in [2.05, 4.69) is 58.8 Å². The van der Waals surface area contributed by atoms with Crippen LogP contribution in [0.3, 0.4) is 0 Å². The average molecular weight is 479 g/mol. The molecular formula is C27H34N4O4. The number of aryl methyl sites for hydroxylation is 4. The molecule has 186 valence electrons. The number of likely N-dealkylation sites (N-methyl/N-ethyl adjacent to an activating group) is 1. The smallest absolute Gasteiger partial charge is 0.327 e. The first kappa shape index (κ1) is 24.7. The van der Waals surface area contributed by atoms with Gasteiger partial charge in [-0.1, -0.05) is 17.7 Å². The van der Waals surface area contributed by atoms with Crippen molar-refractivity contribution in [1.82, 2.24) is 9.55 Å². The minimum absolute atomic E-state index is 0.206. The molecule has 1 aliphatic heterocycles. The van der Waals surface area contributed by atoms with E-state index >= 15 is 0 Å². The molecule has 0 spiro atoms. The van der Waals surface area contributed by atoms with Gasteiger partial charge >= 0.3 is 5.97 Å². The maximum absolute atomic E-state index is 12.1. The molecule has 1 aromatic carbocycles. The molecule has 8 heteroatoms. The van der Waals surface area contributed by atoms with Crippen molar-refractivity contribution in [3.8, 4) is 0 Å². The summed E-state index contributed by atoms with van der Waals surface area (Å²) in [5.41, 5.74) is 7.41. The number of fused-ring (bicyclic) bond motifs is 3. The summed E-state index contributed by atoms with van der Waals surface area (Å²) < 4.78 is 13.3. The van der Waals surface area contributed by atoms with Crippen LogP contribution in [0, 0.1) is 13.8 Å². The lowest BCUT2D eigenvalue weighted by atomic mass is 10.0. The van der Waals surface area contributed by atoms with Crippen LogP contribution in [-0.2, 0) is 40.2 Å². The van der Waals surface area contributed by atoms with Crippen LogP contribution in [0.2, 0.25) is 0 Å². The molecule has 1 atom stereocenters. The lowest BCUT2D eigenvalue weighted by Gasteiger charge is -2.40. The predicted octanol–water partition coefficient (Wildman–Crippen LogP) is 2.65. The Balaban J connectivity index is 1.52. The van der Waals surface area contributed by atoms with Crippen LogP contribution in [0.1, 0.15) is 35.0 Å². The summed E-state index contributed by atoms with van der Waals surface area (Å²) in [6, 6.07) is 10.9. The van der Waals surface area contributed by atoms with E-state index in [9.17, 15) is 9.90 Å². The second kappa shape index (κ2) is 10.5. The normalized spacial score (nSPS) is 17.9. The van der Waals surface area contributed by atoms with Crippen LogP contribution in [0.4, 0.5) is 0 Å². The van der Waals surface area contributed by atoms with Crippen molar-refractivity contribution in [2.24, 2.45) is 4.99 Å². The second-order valence-corrected chi connectivity index (χ2v) is 9.57. The minimum atomic E-state index is -0.729. The van der Waals surface area contributed by atoms with Gasteiger partial charge < -0.3 is 23.6 Å². The molecular weight excluding hydrogens is 444 g/mol. The number of nitrogens with zero attached hydrogens (tertiary/aromatic N) is 4. The fourth-order valence-electron chi connectivity index (χ4n) is 4.73. The van der Waals surface area contributed by atoms with Crippen LogP contribution in [0.25, 0.3) is 10.9 Å². The number of benzene rings is 1. The number of carbonyl (C=O) groups excluding carboxylic acids is 1. The van der Waals surface area contributed by atoms with Crippen molar-refractivity contribution in [3.63, 3.8) is 0 Å². The van der Waals surface area contributed by atoms with Crippen LogP contribution >= 0.6 is 0 Å². The van der Waals surface area contributed by atoms with Gasteiger partial charge in [0.1, 0.15) is 25.9 Å². The van der Waals surface area contributed by atoms with E-state index in [0.29, 0.717) is 4.48 Å². The number of hydrogen-bond donors (Lipinski definition) is 0. The van der Waals surface area contributed by atoms with Gasteiger partial charge in [0.15, 0.2) is 0 Å². The van der Waals surface area contributed by atoms with Crippen LogP contribution in [-0.4, -0.2) is 59.6 Å². The third-order valence-electron chi connectivity index (χ3n) is 6.61. The molecule has 0 saturated heterocycles. The summed E-state index contributed by atoms with van der Waals surface area (Å²) in [4.78, 5) is 19.5. The number of carbonyl (C=O) groups is 1. The van der Waals surface area contributed by atoms with Gasteiger partial charge in [0.25, 0.3) is 0 Å². The third-order valence-corrected chi connectivity index (χ3v) is 6.61. The lowest BCUT2D eigenvalue weighted by Crippen LogP contribution is -2.50. The molecule has 0 radical (unpaired) electrons. The van der Waals surface area contributed by atoms with Gasteiger partial charge in [0.05, 0.1) is 20.2 Å². The molecule has 0 N–H and O–H groups in total. The number of hydrogen-bond acceptors (Lipinski definition) is 6. The van der Waals surface area contributed by atoms with E-state index in [-0.39, 0.29) is 19.9 Å². The maximum atomic E-state index is 12.1. The Morgan fingerprint density at radius 2 is 2.06 bits per heavy atom. The largest absolute Gasteiger partial charge is 0.553 e. The Hall–Kier alpha value is -3.39. The van der Waals surface area contributed by atoms with Crippen molar-refractivity contribution < 1.29 is 23.9 Å². The Kier molecular flexibility index (Phi) is 7.40. The maximum Gasteiger partial charge on any atom is 0.327 e. The van der Waals surface area contributed by atoms with Crippen molar-refractivity contribution in [2.45, 2.75) is 46.7 Å². The van der Waals surface area contributed by atoms with Crippen molar-refractivity contribution in [1.29, 1.82) is 0 Å². The molecule has 0 fully saturated rings. The summed E-state index contributed by atoms with van der Waals surface area (Å²) in [5, 5.41) is 13.3. The molecule has 0 amide bonds. The Labute approximate surface area is 206 Å². The van der Waals surface area contributed by atoms with E-state index in [4.69, 9.17) is 9.47 Å². The zero-order chi connectivity index (χ0) is 25.0. The molecule has 1 unspecified atom stereocenters. The number of pyridine rings is 1. The van der Waals surface area contributed by atoms with Gasteiger partial charge in [-0.25, -0.2) is 0 Å². The van der Waals surface area contributed by atoms with Crippen molar-refractivity contribution in [3.05, 3.63) is 64.6 Å². The van der Waals surface area contributed by atoms with Gasteiger partial charge in [-0.2, -0.15) is 0 Å². The Morgan fingerprint density at radius 1 is 1.23 bits per heavy atom. The van der Waals surface area contributed by atoms with Crippen LogP contribution < -0.4 is 5.11 Å². The minimum Gasteiger partial charge on any atom is -0.553 e. The Bertz CT molecular complexity index is 1230. The topological polar surface area (TPSA) is 88.8 Å². The highest BCUT2D eigenvalue weighted by atomic mass is 16.6. The second-order valence-electron chi connectivity index (χ2n) is 9.57. The van der Waals surface area contributed by atoms with Crippen molar-refractivity contribution in [2.75, 3.05) is 33.5 Å². The molecule has 3 aromatic rings. The molecule has 0 saturated carbocycles. The van der Waals surface area contributed by atoms with E-state index in [1.165, 1.54) is 33.3 Å². The van der Waals surface area contributed by atoms with Gasteiger partial charge in [-0.3, -0.25) is 14.8 Å². The third kappa shape index (κ3) is 5.82. The molecule has 2 aromatic heterocycles. The number of rotatable bonds is 8. The fourth-order valence-corrected chi connectivity index (χ4v) is 4.73. The highest BCUT2D eigenvalue weighted by Gasteiger charge is 2.32. The summed E-state index contributed by atoms with van der Waals surface area (Å²) >= 11 is 0. The van der Waals surface area contributed by atoms with Crippen molar-refractivity contribution >= 4 is 23.0 Å². The van der Waals surface area contributed by atoms with Gasteiger partial charge in [0, 0.05) is 47.0 Å². The SMILES string of the molecule is CCOC(=O)CN=C([O-])OC[N+]1(C)CCc2c(c3cc(C)ccc3n2CCc2ccc(C)nc2)C1. The number of aliphatic imine (C=N–C) groups is 1.